The lowest BCUT2D eigenvalue weighted by atomic mass is 10.1. The van der Waals surface area contributed by atoms with Crippen molar-refractivity contribution in [3.63, 3.8) is 0 Å². The quantitative estimate of drug-likeness (QED) is 0.899. The minimum Gasteiger partial charge on any atom is -0.368 e. The summed E-state index contributed by atoms with van der Waals surface area (Å²) in [6.45, 7) is 2.41. The Morgan fingerprint density at radius 2 is 2.24 bits per heavy atom. The molecule has 1 saturated heterocycles. The normalized spacial score (nSPS) is 20.0. The molecule has 1 aromatic rings. The average Bonchev–Trinajstić information content (AvgIpc) is 2.65. The smallest absolute Gasteiger partial charge is 0.150 e. The first-order chi connectivity index (χ1) is 8.11. The molecule has 0 amide bonds. The lowest BCUT2D eigenvalue weighted by molar-refractivity contribution is 0.547. The maximum atomic E-state index is 13.7. The zero-order chi connectivity index (χ0) is 12.4. The molecule has 0 bridgehead atoms. The molecule has 1 aromatic carbocycles. The maximum absolute atomic E-state index is 13.7. The second-order valence-corrected chi connectivity index (χ2v) is 4.78. The van der Waals surface area contributed by atoms with Gasteiger partial charge in [-0.25, -0.2) is 8.78 Å². The molecular weight excluding hydrogens is 246 g/mol. The Hall–Kier alpha value is -0.870. The van der Waals surface area contributed by atoms with Crippen LogP contribution in [0.5, 0.6) is 0 Å². The van der Waals surface area contributed by atoms with Gasteiger partial charge in [-0.15, -0.1) is 0 Å². The van der Waals surface area contributed by atoms with Crippen molar-refractivity contribution in [3.05, 3.63) is 28.8 Å². The van der Waals surface area contributed by atoms with Crippen molar-refractivity contribution in [2.45, 2.75) is 6.42 Å². The predicted molar refractivity (Wildman–Crippen MR) is 65.6 cm³/mol. The summed E-state index contributed by atoms with van der Waals surface area (Å²) >= 11 is 5.90. The molecule has 0 saturated carbocycles. The monoisotopic (exact) mass is 260 g/mol. The van der Waals surface area contributed by atoms with Crippen LogP contribution in [0.2, 0.25) is 5.02 Å². The van der Waals surface area contributed by atoms with E-state index in [1.54, 1.807) is 0 Å². The number of benzene rings is 1. The van der Waals surface area contributed by atoms with Gasteiger partial charge < -0.3 is 10.2 Å². The largest absolute Gasteiger partial charge is 0.368 e. The summed E-state index contributed by atoms with van der Waals surface area (Å²) in [6, 6.07) is 2.04. The molecule has 2 nitrogen and oxygen atoms in total. The van der Waals surface area contributed by atoms with Gasteiger partial charge in [0.2, 0.25) is 0 Å². The van der Waals surface area contributed by atoms with Gasteiger partial charge in [0.25, 0.3) is 0 Å². The Morgan fingerprint density at radius 3 is 2.88 bits per heavy atom. The number of hydrogen-bond donors (Lipinski definition) is 1. The average molecular weight is 261 g/mol. The van der Waals surface area contributed by atoms with E-state index < -0.39 is 11.6 Å². The molecule has 2 rings (SSSR count). The number of hydrogen-bond acceptors (Lipinski definition) is 2. The van der Waals surface area contributed by atoms with Crippen LogP contribution in [0.15, 0.2) is 12.1 Å². The third-order valence-corrected chi connectivity index (χ3v) is 3.36. The highest BCUT2D eigenvalue weighted by Crippen LogP contribution is 2.33. The fourth-order valence-electron chi connectivity index (χ4n) is 2.33. The fourth-order valence-corrected chi connectivity index (χ4v) is 2.64. The minimum atomic E-state index is -0.637. The van der Waals surface area contributed by atoms with E-state index in [9.17, 15) is 8.78 Å². The highest BCUT2D eigenvalue weighted by molar-refractivity contribution is 6.33. The van der Waals surface area contributed by atoms with Crippen LogP contribution in [-0.2, 0) is 0 Å². The highest BCUT2D eigenvalue weighted by atomic mass is 35.5. The number of rotatable bonds is 3. The summed E-state index contributed by atoms with van der Waals surface area (Å²) < 4.78 is 26.6. The third kappa shape index (κ3) is 2.69. The molecule has 0 radical (unpaired) electrons. The van der Waals surface area contributed by atoms with E-state index >= 15 is 0 Å². The molecule has 0 aliphatic carbocycles. The summed E-state index contributed by atoms with van der Waals surface area (Å²) in [5.41, 5.74) is 0.326. The number of nitrogens with one attached hydrogen (secondary N) is 1. The van der Waals surface area contributed by atoms with E-state index in [0.717, 1.165) is 38.2 Å². The first-order valence-electron chi connectivity index (χ1n) is 5.66. The highest BCUT2D eigenvalue weighted by Gasteiger charge is 2.26. The van der Waals surface area contributed by atoms with Crippen molar-refractivity contribution < 1.29 is 8.78 Å². The van der Waals surface area contributed by atoms with E-state index in [1.165, 1.54) is 0 Å². The van der Waals surface area contributed by atoms with Gasteiger partial charge in [0.05, 0.1) is 10.7 Å². The molecule has 0 aromatic heterocycles. The summed E-state index contributed by atoms with van der Waals surface area (Å²) in [5, 5.41) is 3.25. The summed E-state index contributed by atoms with van der Waals surface area (Å²) in [5.74, 6) is -0.733. The van der Waals surface area contributed by atoms with E-state index in [-0.39, 0.29) is 5.02 Å². The van der Waals surface area contributed by atoms with E-state index in [1.807, 2.05) is 11.9 Å². The van der Waals surface area contributed by atoms with Crippen molar-refractivity contribution in [2.75, 3.05) is 31.6 Å². The third-order valence-electron chi connectivity index (χ3n) is 3.08. The molecule has 1 aliphatic rings. The summed E-state index contributed by atoms with van der Waals surface area (Å²) in [7, 11) is 1.90. The van der Waals surface area contributed by atoms with Crippen molar-refractivity contribution >= 4 is 17.3 Å². The molecular formula is C12H15ClF2N2. The first kappa shape index (κ1) is 12.6. The van der Waals surface area contributed by atoms with E-state index in [2.05, 4.69) is 5.32 Å². The number of nitrogens with zero attached hydrogens (tertiary/aromatic N) is 1. The first-order valence-corrected chi connectivity index (χ1v) is 6.03. The van der Waals surface area contributed by atoms with Gasteiger partial charge in [-0.3, -0.25) is 0 Å². The Balaban J connectivity index is 2.19. The lowest BCUT2D eigenvalue weighted by Crippen LogP contribution is -2.25. The van der Waals surface area contributed by atoms with E-state index in [0.29, 0.717) is 11.6 Å². The molecule has 1 heterocycles. The Bertz CT molecular complexity index is 388. The predicted octanol–water partition coefficient (Wildman–Crippen LogP) is 2.66. The molecule has 1 atom stereocenters. The van der Waals surface area contributed by atoms with Crippen LogP contribution in [0.1, 0.15) is 6.42 Å². The zero-order valence-electron chi connectivity index (χ0n) is 9.64. The Labute approximate surface area is 105 Å². The van der Waals surface area contributed by atoms with Gasteiger partial charge in [0, 0.05) is 19.2 Å². The van der Waals surface area contributed by atoms with Gasteiger partial charge in [0.15, 0.2) is 5.82 Å². The Morgan fingerprint density at radius 1 is 1.47 bits per heavy atom. The van der Waals surface area contributed by atoms with Crippen molar-refractivity contribution in [1.29, 1.82) is 0 Å². The van der Waals surface area contributed by atoms with E-state index in [4.69, 9.17) is 11.6 Å². The second-order valence-electron chi connectivity index (χ2n) is 4.38. The van der Waals surface area contributed by atoms with Crippen molar-refractivity contribution in [1.82, 2.24) is 5.32 Å². The van der Waals surface area contributed by atoms with Gasteiger partial charge in [-0.05, 0) is 32.0 Å². The van der Waals surface area contributed by atoms with Crippen molar-refractivity contribution in [2.24, 2.45) is 5.92 Å². The number of halogens is 3. The topological polar surface area (TPSA) is 15.3 Å². The lowest BCUT2D eigenvalue weighted by Gasteiger charge is -2.20. The molecule has 94 valence electrons. The molecule has 0 spiro atoms. The Kier molecular flexibility index (Phi) is 3.84. The van der Waals surface area contributed by atoms with Gasteiger partial charge in [-0.2, -0.15) is 0 Å². The van der Waals surface area contributed by atoms with Crippen LogP contribution in [0.25, 0.3) is 0 Å². The molecule has 1 N–H and O–H groups in total. The molecule has 1 fully saturated rings. The minimum absolute atomic E-state index is 0.146. The SMILES string of the molecule is CNCC1CCN(c2c(F)cc(F)cc2Cl)C1. The molecule has 17 heavy (non-hydrogen) atoms. The van der Waals surface area contributed by atoms with Crippen LogP contribution in [0, 0.1) is 17.6 Å². The molecule has 1 aliphatic heterocycles. The van der Waals surface area contributed by atoms with Gasteiger partial charge >= 0.3 is 0 Å². The van der Waals surface area contributed by atoms with Crippen molar-refractivity contribution in [3.8, 4) is 0 Å². The number of anilines is 1. The maximum Gasteiger partial charge on any atom is 0.150 e. The fraction of sp³-hybridized carbons (Fsp3) is 0.500. The van der Waals surface area contributed by atoms with Crippen LogP contribution in [-0.4, -0.2) is 26.7 Å². The summed E-state index contributed by atoms with van der Waals surface area (Å²) in [6.07, 6.45) is 0.994. The van der Waals surface area contributed by atoms with Crippen LogP contribution >= 0.6 is 11.6 Å². The van der Waals surface area contributed by atoms with Gasteiger partial charge in [-0.1, -0.05) is 11.6 Å². The van der Waals surface area contributed by atoms with Gasteiger partial charge in [0.1, 0.15) is 5.82 Å². The summed E-state index contributed by atoms with van der Waals surface area (Å²) in [4.78, 5) is 1.89. The van der Waals surface area contributed by atoms with Crippen LogP contribution in [0.4, 0.5) is 14.5 Å². The molecule has 5 heteroatoms. The van der Waals surface area contributed by atoms with Crippen LogP contribution in [0.3, 0.4) is 0 Å². The second kappa shape index (κ2) is 5.19. The zero-order valence-corrected chi connectivity index (χ0v) is 10.4. The standard InChI is InChI=1S/C12H15ClF2N2/c1-16-6-8-2-3-17(7-8)12-10(13)4-9(14)5-11(12)15/h4-5,8,16H,2-3,6-7H2,1H3. The van der Waals surface area contributed by atoms with Crippen LogP contribution < -0.4 is 10.2 Å². The molecule has 1 unspecified atom stereocenters.